The van der Waals surface area contributed by atoms with Gasteiger partial charge in [-0.1, -0.05) is 11.6 Å². The normalized spacial score (nSPS) is 28.3. The molecule has 106 valence electrons. The highest BCUT2D eigenvalue weighted by Gasteiger charge is 2.24. The minimum atomic E-state index is 0.541. The average Bonchev–Trinajstić information content (AvgIpc) is 2.77. The van der Waals surface area contributed by atoms with E-state index < -0.39 is 0 Å². The van der Waals surface area contributed by atoms with E-state index in [9.17, 15) is 0 Å². The van der Waals surface area contributed by atoms with E-state index in [1.54, 1.807) is 11.3 Å². The van der Waals surface area contributed by atoms with Crippen molar-refractivity contribution < 1.29 is 0 Å². The van der Waals surface area contributed by atoms with E-state index in [2.05, 4.69) is 23.3 Å². The molecule has 0 bridgehead atoms. The summed E-state index contributed by atoms with van der Waals surface area (Å²) in [4.78, 5) is 3.97. The molecule has 1 fully saturated rings. The molecule has 1 aromatic rings. The molecule has 2 atom stereocenters. The molecule has 1 aliphatic carbocycles. The van der Waals surface area contributed by atoms with Crippen LogP contribution in [0.2, 0.25) is 4.34 Å². The van der Waals surface area contributed by atoms with Gasteiger partial charge in [-0.2, -0.15) is 0 Å². The minimum absolute atomic E-state index is 0.541. The maximum absolute atomic E-state index is 6.17. The summed E-state index contributed by atoms with van der Waals surface area (Å²) >= 11 is 7.94. The zero-order valence-corrected chi connectivity index (χ0v) is 13.2. The van der Waals surface area contributed by atoms with Crippen molar-refractivity contribution in [3.63, 3.8) is 0 Å². The third-order valence-electron chi connectivity index (χ3n) is 4.46. The molecule has 1 saturated heterocycles. The molecule has 0 saturated carbocycles. The zero-order valence-electron chi connectivity index (χ0n) is 11.6. The molecule has 0 amide bonds. The van der Waals surface area contributed by atoms with Crippen LogP contribution in [0.3, 0.4) is 0 Å². The number of hydrogen-bond acceptors (Lipinski definition) is 3. The summed E-state index contributed by atoms with van der Waals surface area (Å²) in [7, 11) is 2.24. The van der Waals surface area contributed by atoms with E-state index in [0.29, 0.717) is 6.04 Å². The number of thiophene rings is 1. The number of piperidine rings is 1. The fourth-order valence-corrected chi connectivity index (χ4v) is 4.87. The molecule has 3 rings (SSSR count). The lowest BCUT2D eigenvalue weighted by atomic mass is 9.92. The van der Waals surface area contributed by atoms with Crippen LogP contribution in [0.4, 0.5) is 0 Å². The van der Waals surface area contributed by atoms with E-state index in [4.69, 9.17) is 11.6 Å². The molecule has 2 nitrogen and oxygen atoms in total. The van der Waals surface area contributed by atoms with Crippen molar-refractivity contribution in [2.24, 2.45) is 5.92 Å². The van der Waals surface area contributed by atoms with E-state index in [1.807, 2.05) is 0 Å². The first kappa shape index (κ1) is 13.9. The Morgan fingerprint density at radius 2 is 2.32 bits per heavy atom. The highest BCUT2D eigenvalue weighted by atomic mass is 35.5. The van der Waals surface area contributed by atoms with Crippen LogP contribution in [0.25, 0.3) is 0 Å². The Kier molecular flexibility index (Phi) is 4.47. The third-order valence-corrected chi connectivity index (χ3v) is 5.80. The van der Waals surface area contributed by atoms with E-state index in [0.717, 1.165) is 16.8 Å². The van der Waals surface area contributed by atoms with Gasteiger partial charge in [0, 0.05) is 17.5 Å². The predicted molar refractivity (Wildman–Crippen MR) is 83.2 cm³/mol. The van der Waals surface area contributed by atoms with Gasteiger partial charge in [-0.05, 0) is 69.8 Å². The van der Waals surface area contributed by atoms with Crippen molar-refractivity contribution in [2.75, 3.05) is 26.7 Å². The van der Waals surface area contributed by atoms with Gasteiger partial charge in [-0.3, -0.25) is 0 Å². The van der Waals surface area contributed by atoms with Crippen molar-refractivity contribution in [1.82, 2.24) is 10.2 Å². The summed E-state index contributed by atoms with van der Waals surface area (Å²) in [5, 5.41) is 3.80. The van der Waals surface area contributed by atoms with Crippen molar-refractivity contribution in [2.45, 2.75) is 38.1 Å². The van der Waals surface area contributed by atoms with Crippen LogP contribution in [0, 0.1) is 5.92 Å². The third kappa shape index (κ3) is 3.33. The standard InChI is InChI=1S/C15H23ClN2S/c1-18-7-3-4-11(10-18)9-17-13-5-2-6-14-12(13)8-15(16)19-14/h8,11,13,17H,2-7,9-10H2,1H3. The number of hydrogen-bond donors (Lipinski definition) is 1. The average molecular weight is 299 g/mol. The second-order valence-corrected chi connectivity index (χ2v) is 7.82. The maximum Gasteiger partial charge on any atom is 0.0934 e. The summed E-state index contributed by atoms with van der Waals surface area (Å²) in [5.74, 6) is 0.818. The first-order valence-electron chi connectivity index (χ1n) is 7.42. The molecule has 2 unspecified atom stereocenters. The van der Waals surface area contributed by atoms with Crippen molar-refractivity contribution >= 4 is 22.9 Å². The van der Waals surface area contributed by atoms with Crippen LogP contribution in [0.1, 0.15) is 42.2 Å². The molecule has 2 aliphatic rings. The molecule has 0 spiro atoms. The summed E-state index contributed by atoms with van der Waals surface area (Å²) in [6.07, 6.45) is 6.51. The van der Waals surface area contributed by atoms with Gasteiger partial charge in [0.2, 0.25) is 0 Å². The fraction of sp³-hybridized carbons (Fsp3) is 0.733. The number of nitrogens with one attached hydrogen (secondary N) is 1. The minimum Gasteiger partial charge on any atom is -0.310 e. The SMILES string of the molecule is CN1CCCC(CNC2CCCc3sc(Cl)cc32)C1. The van der Waals surface area contributed by atoms with E-state index in [-0.39, 0.29) is 0 Å². The van der Waals surface area contributed by atoms with Crippen LogP contribution in [-0.4, -0.2) is 31.6 Å². The van der Waals surface area contributed by atoms with Crippen molar-refractivity contribution in [3.05, 3.63) is 20.8 Å². The van der Waals surface area contributed by atoms with Gasteiger partial charge in [-0.25, -0.2) is 0 Å². The lowest BCUT2D eigenvalue weighted by Gasteiger charge is -2.32. The Hall–Kier alpha value is -0.0900. The largest absolute Gasteiger partial charge is 0.310 e. The number of nitrogens with zero attached hydrogens (tertiary/aromatic N) is 1. The Labute approximate surface area is 125 Å². The van der Waals surface area contributed by atoms with Crippen molar-refractivity contribution in [3.8, 4) is 0 Å². The Balaban J connectivity index is 1.58. The molecular formula is C15H23ClN2S. The molecule has 0 radical (unpaired) electrons. The Morgan fingerprint density at radius 1 is 1.42 bits per heavy atom. The number of rotatable bonds is 3. The molecule has 2 heterocycles. The fourth-order valence-electron chi connectivity index (χ4n) is 3.48. The number of fused-ring (bicyclic) bond motifs is 1. The summed E-state index contributed by atoms with van der Waals surface area (Å²) in [6, 6.07) is 2.73. The lowest BCUT2D eigenvalue weighted by molar-refractivity contribution is 0.201. The molecule has 4 heteroatoms. The van der Waals surface area contributed by atoms with Crippen LogP contribution in [0.15, 0.2) is 6.07 Å². The second-order valence-electron chi connectivity index (χ2n) is 6.05. The van der Waals surface area contributed by atoms with Gasteiger partial charge < -0.3 is 10.2 Å². The van der Waals surface area contributed by atoms with Crippen LogP contribution < -0.4 is 5.32 Å². The summed E-state index contributed by atoms with van der Waals surface area (Å²) in [5.41, 5.74) is 1.48. The van der Waals surface area contributed by atoms with Crippen molar-refractivity contribution in [1.29, 1.82) is 0 Å². The van der Waals surface area contributed by atoms with Gasteiger partial charge in [0.05, 0.1) is 4.34 Å². The predicted octanol–water partition coefficient (Wildman–Crippen LogP) is 3.71. The topological polar surface area (TPSA) is 15.3 Å². The van der Waals surface area contributed by atoms with Crippen LogP contribution in [0.5, 0.6) is 0 Å². The number of likely N-dealkylation sites (tertiary alicyclic amines) is 1. The van der Waals surface area contributed by atoms with Gasteiger partial charge in [0.1, 0.15) is 0 Å². The Bertz CT molecular complexity index is 432. The quantitative estimate of drug-likeness (QED) is 0.915. The van der Waals surface area contributed by atoms with E-state index in [1.165, 1.54) is 55.6 Å². The summed E-state index contributed by atoms with van der Waals surface area (Å²) in [6.45, 7) is 3.67. The molecule has 1 aliphatic heterocycles. The molecule has 1 N–H and O–H groups in total. The number of aryl methyl sites for hydroxylation is 1. The molecule has 19 heavy (non-hydrogen) atoms. The van der Waals surface area contributed by atoms with Gasteiger partial charge >= 0.3 is 0 Å². The maximum atomic E-state index is 6.17. The first-order chi connectivity index (χ1) is 9.22. The zero-order chi connectivity index (χ0) is 13.2. The highest BCUT2D eigenvalue weighted by Crippen LogP contribution is 2.37. The van der Waals surface area contributed by atoms with Crippen LogP contribution >= 0.6 is 22.9 Å². The molecule has 0 aromatic carbocycles. The molecular weight excluding hydrogens is 276 g/mol. The highest BCUT2D eigenvalue weighted by molar-refractivity contribution is 7.16. The monoisotopic (exact) mass is 298 g/mol. The lowest BCUT2D eigenvalue weighted by Crippen LogP contribution is -2.38. The van der Waals surface area contributed by atoms with Gasteiger partial charge in [0.25, 0.3) is 0 Å². The number of halogens is 1. The second kappa shape index (κ2) is 6.13. The first-order valence-corrected chi connectivity index (χ1v) is 8.62. The smallest absolute Gasteiger partial charge is 0.0934 e. The summed E-state index contributed by atoms with van der Waals surface area (Å²) < 4.78 is 0.955. The Morgan fingerprint density at radius 3 is 3.16 bits per heavy atom. The van der Waals surface area contributed by atoms with Crippen LogP contribution in [-0.2, 0) is 6.42 Å². The molecule has 1 aromatic heterocycles. The van der Waals surface area contributed by atoms with Gasteiger partial charge in [-0.15, -0.1) is 11.3 Å². The van der Waals surface area contributed by atoms with E-state index >= 15 is 0 Å². The van der Waals surface area contributed by atoms with Gasteiger partial charge in [0.15, 0.2) is 0 Å².